The molecule has 1 heterocycles. The first-order valence-corrected chi connectivity index (χ1v) is 7.13. The Bertz CT molecular complexity index is 411. The molecule has 1 fully saturated rings. The quantitative estimate of drug-likeness (QED) is 0.931. The van der Waals surface area contributed by atoms with Crippen LogP contribution < -0.4 is 4.90 Å². The lowest BCUT2D eigenvalue weighted by molar-refractivity contribution is 0.0721. The van der Waals surface area contributed by atoms with E-state index in [1.165, 1.54) is 5.69 Å². The maximum Gasteiger partial charge on any atom is 0.0682 e. The molecule has 1 aromatic rings. The Kier molecular flexibility index (Phi) is 4.65. The van der Waals surface area contributed by atoms with Gasteiger partial charge >= 0.3 is 0 Å². The van der Waals surface area contributed by atoms with Gasteiger partial charge in [0.25, 0.3) is 0 Å². The van der Waals surface area contributed by atoms with Gasteiger partial charge in [0.15, 0.2) is 0 Å². The molecule has 3 nitrogen and oxygen atoms in total. The minimum atomic E-state index is 0.0835. The van der Waals surface area contributed by atoms with Gasteiger partial charge in [0.05, 0.1) is 18.4 Å². The van der Waals surface area contributed by atoms with E-state index in [1.54, 1.807) is 7.11 Å². The first-order chi connectivity index (χ1) is 8.65. The van der Waals surface area contributed by atoms with E-state index in [-0.39, 0.29) is 6.61 Å². The van der Waals surface area contributed by atoms with Gasteiger partial charge in [-0.15, -0.1) is 0 Å². The Morgan fingerprint density at radius 2 is 2.28 bits per heavy atom. The topological polar surface area (TPSA) is 32.7 Å². The SMILES string of the molecule is COC1CCN(c2ccc(CO)cc2Br)C(C)C1. The second kappa shape index (κ2) is 6.04. The fraction of sp³-hybridized carbons (Fsp3) is 0.571. The van der Waals surface area contributed by atoms with Gasteiger partial charge in [0.2, 0.25) is 0 Å². The van der Waals surface area contributed by atoms with E-state index in [4.69, 9.17) is 9.84 Å². The largest absolute Gasteiger partial charge is 0.392 e. The number of aliphatic hydroxyl groups excluding tert-OH is 1. The molecule has 1 aliphatic rings. The molecule has 0 aromatic heterocycles. The number of methoxy groups -OCH3 is 1. The molecule has 0 amide bonds. The molecule has 1 aliphatic heterocycles. The summed E-state index contributed by atoms with van der Waals surface area (Å²) in [5, 5.41) is 9.13. The zero-order valence-electron chi connectivity index (χ0n) is 10.9. The first kappa shape index (κ1) is 13.8. The van der Waals surface area contributed by atoms with Crippen LogP contribution in [0, 0.1) is 0 Å². The molecular formula is C14H20BrNO2. The van der Waals surface area contributed by atoms with E-state index in [0.29, 0.717) is 12.1 Å². The Labute approximate surface area is 117 Å². The van der Waals surface area contributed by atoms with Gasteiger partial charge in [-0.25, -0.2) is 0 Å². The minimum Gasteiger partial charge on any atom is -0.392 e. The van der Waals surface area contributed by atoms with E-state index < -0.39 is 0 Å². The molecule has 2 unspecified atom stereocenters. The molecule has 0 radical (unpaired) electrons. The van der Waals surface area contributed by atoms with E-state index in [2.05, 4.69) is 33.8 Å². The Morgan fingerprint density at radius 3 is 2.83 bits per heavy atom. The van der Waals surface area contributed by atoms with Crippen LogP contribution in [-0.2, 0) is 11.3 Å². The van der Waals surface area contributed by atoms with Crippen LogP contribution in [-0.4, -0.2) is 30.9 Å². The maximum atomic E-state index is 9.13. The van der Waals surface area contributed by atoms with E-state index in [1.807, 2.05) is 12.1 Å². The standard InChI is InChI=1S/C14H20BrNO2/c1-10-7-12(18-2)5-6-16(10)14-4-3-11(9-17)8-13(14)15/h3-4,8,10,12,17H,5-7,9H2,1-2H3. The molecule has 1 N–H and O–H groups in total. The van der Waals surface area contributed by atoms with Crippen molar-refractivity contribution >= 4 is 21.6 Å². The van der Waals surface area contributed by atoms with Crippen LogP contribution in [0.4, 0.5) is 5.69 Å². The smallest absolute Gasteiger partial charge is 0.0682 e. The summed E-state index contributed by atoms with van der Waals surface area (Å²) in [6, 6.07) is 6.53. The second-order valence-electron chi connectivity index (χ2n) is 4.87. The second-order valence-corrected chi connectivity index (χ2v) is 5.72. The normalized spacial score (nSPS) is 24.3. The van der Waals surface area contributed by atoms with Crippen LogP contribution in [0.1, 0.15) is 25.3 Å². The third-order valence-corrected chi connectivity index (χ3v) is 4.30. The van der Waals surface area contributed by atoms with Gasteiger partial charge in [-0.3, -0.25) is 0 Å². The number of halogens is 1. The maximum absolute atomic E-state index is 9.13. The Balaban J connectivity index is 2.16. The number of benzene rings is 1. The number of ether oxygens (including phenoxy) is 1. The zero-order valence-corrected chi connectivity index (χ0v) is 12.5. The van der Waals surface area contributed by atoms with E-state index >= 15 is 0 Å². The zero-order chi connectivity index (χ0) is 13.1. The van der Waals surface area contributed by atoms with Crippen molar-refractivity contribution < 1.29 is 9.84 Å². The molecule has 2 rings (SSSR count). The number of hydrogen-bond acceptors (Lipinski definition) is 3. The molecule has 4 heteroatoms. The summed E-state index contributed by atoms with van der Waals surface area (Å²) in [6.45, 7) is 3.33. The van der Waals surface area contributed by atoms with Crippen molar-refractivity contribution in [3.05, 3.63) is 28.2 Å². The van der Waals surface area contributed by atoms with Crippen molar-refractivity contribution in [1.29, 1.82) is 0 Å². The lowest BCUT2D eigenvalue weighted by Gasteiger charge is -2.39. The third-order valence-electron chi connectivity index (χ3n) is 3.67. The highest BCUT2D eigenvalue weighted by atomic mass is 79.9. The molecule has 1 aromatic carbocycles. The lowest BCUT2D eigenvalue weighted by Crippen LogP contribution is -2.43. The van der Waals surface area contributed by atoms with Crippen molar-refractivity contribution in [3.8, 4) is 0 Å². The molecule has 0 aliphatic carbocycles. The molecular weight excluding hydrogens is 294 g/mol. The number of aliphatic hydroxyl groups is 1. The number of piperidine rings is 1. The van der Waals surface area contributed by atoms with Crippen molar-refractivity contribution in [1.82, 2.24) is 0 Å². The fourth-order valence-electron chi connectivity index (χ4n) is 2.58. The molecule has 1 saturated heterocycles. The van der Waals surface area contributed by atoms with Crippen LogP contribution in [0.15, 0.2) is 22.7 Å². The van der Waals surface area contributed by atoms with E-state index in [9.17, 15) is 0 Å². The van der Waals surface area contributed by atoms with Crippen LogP contribution >= 0.6 is 15.9 Å². The monoisotopic (exact) mass is 313 g/mol. The number of rotatable bonds is 3. The summed E-state index contributed by atoms with van der Waals surface area (Å²) >= 11 is 3.60. The van der Waals surface area contributed by atoms with Gasteiger partial charge in [-0.2, -0.15) is 0 Å². The predicted octanol–water partition coefficient (Wildman–Crippen LogP) is 2.95. The molecule has 0 bridgehead atoms. The number of nitrogens with zero attached hydrogens (tertiary/aromatic N) is 1. The van der Waals surface area contributed by atoms with Crippen molar-refractivity contribution in [3.63, 3.8) is 0 Å². The molecule has 0 spiro atoms. The summed E-state index contributed by atoms with van der Waals surface area (Å²) in [5.41, 5.74) is 2.14. The summed E-state index contributed by atoms with van der Waals surface area (Å²) in [6.07, 6.45) is 2.51. The predicted molar refractivity (Wildman–Crippen MR) is 76.9 cm³/mol. The number of anilines is 1. The first-order valence-electron chi connectivity index (χ1n) is 6.34. The van der Waals surface area contributed by atoms with Crippen LogP contribution in [0.5, 0.6) is 0 Å². The van der Waals surface area contributed by atoms with Crippen molar-refractivity contribution in [2.75, 3.05) is 18.6 Å². The molecule has 18 heavy (non-hydrogen) atoms. The highest BCUT2D eigenvalue weighted by molar-refractivity contribution is 9.10. The van der Waals surface area contributed by atoms with Crippen LogP contribution in [0.25, 0.3) is 0 Å². The Hall–Kier alpha value is -0.580. The third kappa shape index (κ3) is 2.87. The lowest BCUT2D eigenvalue weighted by atomic mass is 9.99. The van der Waals surface area contributed by atoms with Crippen LogP contribution in [0.3, 0.4) is 0 Å². The molecule has 0 saturated carbocycles. The minimum absolute atomic E-state index is 0.0835. The average molecular weight is 314 g/mol. The highest BCUT2D eigenvalue weighted by Gasteiger charge is 2.26. The van der Waals surface area contributed by atoms with Gasteiger partial charge < -0.3 is 14.7 Å². The molecule has 100 valence electrons. The highest BCUT2D eigenvalue weighted by Crippen LogP contribution is 2.32. The number of hydrogen-bond donors (Lipinski definition) is 1. The van der Waals surface area contributed by atoms with E-state index in [0.717, 1.165) is 29.4 Å². The fourth-order valence-corrected chi connectivity index (χ4v) is 3.24. The van der Waals surface area contributed by atoms with Gasteiger partial charge in [0.1, 0.15) is 0 Å². The Morgan fingerprint density at radius 1 is 1.50 bits per heavy atom. The molecule has 2 atom stereocenters. The van der Waals surface area contributed by atoms with Crippen molar-refractivity contribution in [2.24, 2.45) is 0 Å². The summed E-state index contributed by atoms with van der Waals surface area (Å²) in [7, 11) is 1.79. The summed E-state index contributed by atoms with van der Waals surface area (Å²) < 4.78 is 6.49. The van der Waals surface area contributed by atoms with Gasteiger partial charge in [-0.05, 0) is 53.4 Å². The summed E-state index contributed by atoms with van der Waals surface area (Å²) in [5.74, 6) is 0. The van der Waals surface area contributed by atoms with Gasteiger partial charge in [-0.1, -0.05) is 6.07 Å². The van der Waals surface area contributed by atoms with Crippen LogP contribution in [0.2, 0.25) is 0 Å². The summed E-state index contributed by atoms with van der Waals surface area (Å²) in [4.78, 5) is 2.40. The van der Waals surface area contributed by atoms with Crippen molar-refractivity contribution in [2.45, 2.75) is 38.5 Å². The average Bonchev–Trinajstić information content (AvgIpc) is 2.39. The van der Waals surface area contributed by atoms with Gasteiger partial charge in [0, 0.05) is 24.2 Å².